The molecular formula is C14H13FN4. The van der Waals surface area contributed by atoms with Crippen molar-refractivity contribution >= 4 is 17.3 Å². The van der Waals surface area contributed by atoms with E-state index < -0.39 is 5.82 Å². The third kappa shape index (κ3) is 3.19. The highest BCUT2D eigenvalue weighted by Gasteiger charge is 2.05. The maximum absolute atomic E-state index is 13.0. The number of rotatable bonds is 4. The van der Waals surface area contributed by atoms with Crippen molar-refractivity contribution in [3.63, 3.8) is 0 Å². The molecule has 0 atom stereocenters. The Morgan fingerprint density at radius 3 is 2.79 bits per heavy atom. The summed E-state index contributed by atoms with van der Waals surface area (Å²) >= 11 is 0. The van der Waals surface area contributed by atoms with Gasteiger partial charge in [0.15, 0.2) is 0 Å². The van der Waals surface area contributed by atoms with Crippen molar-refractivity contribution in [3.05, 3.63) is 47.8 Å². The molecule has 0 saturated heterocycles. The highest BCUT2D eigenvalue weighted by molar-refractivity contribution is 5.65. The van der Waals surface area contributed by atoms with Crippen LogP contribution in [0, 0.1) is 17.1 Å². The highest BCUT2D eigenvalue weighted by Crippen LogP contribution is 2.21. The minimum absolute atomic E-state index is 0.246. The van der Waals surface area contributed by atoms with Gasteiger partial charge in [-0.15, -0.1) is 0 Å². The van der Waals surface area contributed by atoms with Crippen LogP contribution in [-0.4, -0.2) is 11.5 Å². The molecule has 0 unspecified atom stereocenters. The average molecular weight is 256 g/mol. The first-order valence-corrected chi connectivity index (χ1v) is 5.90. The lowest BCUT2D eigenvalue weighted by atomic mass is 10.2. The molecule has 0 radical (unpaired) electrons. The molecule has 2 aromatic rings. The maximum Gasteiger partial charge on any atom is 0.132 e. The number of hydrogen-bond acceptors (Lipinski definition) is 4. The molecule has 0 fully saturated rings. The average Bonchev–Trinajstić information content (AvgIpc) is 2.41. The van der Waals surface area contributed by atoms with Crippen molar-refractivity contribution < 1.29 is 4.39 Å². The zero-order valence-electron chi connectivity index (χ0n) is 10.4. The molecule has 2 N–H and O–H groups in total. The molecule has 0 aliphatic heterocycles. The van der Waals surface area contributed by atoms with Crippen molar-refractivity contribution in [1.82, 2.24) is 4.98 Å². The molecule has 96 valence electrons. The fraction of sp³-hybridized carbons (Fsp3) is 0.143. The summed E-state index contributed by atoms with van der Waals surface area (Å²) < 4.78 is 13.0. The van der Waals surface area contributed by atoms with Crippen LogP contribution in [0.2, 0.25) is 0 Å². The molecule has 19 heavy (non-hydrogen) atoms. The van der Waals surface area contributed by atoms with E-state index in [1.807, 2.05) is 25.1 Å². The maximum atomic E-state index is 13.0. The SMILES string of the molecule is CCNc1cccc(Nc2ccc(F)cc2C#N)n1. The quantitative estimate of drug-likeness (QED) is 0.881. The van der Waals surface area contributed by atoms with Crippen LogP contribution in [0.5, 0.6) is 0 Å². The van der Waals surface area contributed by atoms with E-state index in [4.69, 9.17) is 5.26 Å². The Kier molecular flexibility index (Phi) is 3.94. The molecule has 0 aliphatic rings. The minimum atomic E-state index is -0.434. The number of anilines is 3. The standard InChI is InChI=1S/C14H13FN4/c1-2-17-13-4-3-5-14(19-13)18-12-7-6-11(15)8-10(12)9-16/h3-8H,2H2,1H3,(H2,17,18,19). The van der Waals surface area contributed by atoms with Gasteiger partial charge in [0.25, 0.3) is 0 Å². The summed E-state index contributed by atoms with van der Waals surface area (Å²) in [6.45, 7) is 2.76. The van der Waals surface area contributed by atoms with Gasteiger partial charge in [-0.05, 0) is 37.3 Å². The first kappa shape index (κ1) is 12.8. The van der Waals surface area contributed by atoms with Gasteiger partial charge < -0.3 is 10.6 Å². The molecule has 0 saturated carbocycles. The van der Waals surface area contributed by atoms with E-state index in [2.05, 4.69) is 15.6 Å². The molecule has 5 heteroatoms. The molecular weight excluding hydrogens is 243 g/mol. The van der Waals surface area contributed by atoms with Crippen LogP contribution in [0.25, 0.3) is 0 Å². The van der Waals surface area contributed by atoms with Crippen LogP contribution in [0.4, 0.5) is 21.7 Å². The smallest absolute Gasteiger partial charge is 0.132 e. The Bertz CT molecular complexity index is 619. The third-order valence-corrected chi connectivity index (χ3v) is 2.47. The van der Waals surface area contributed by atoms with E-state index in [0.717, 1.165) is 12.4 Å². The number of nitrogens with one attached hydrogen (secondary N) is 2. The zero-order valence-corrected chi connectivity index (χ0v) is 10.4. The van der Waals surface area contributed by atoms with Crippen LogP contribution < -0.4 is 10.6 Å². The van der Waals surface area contributed by atoms with E-state index >= 15 is 0 Å². The number of nitriles is 1. The predicted octanol–water partition coefficient (Wildman–Crippen LogP) is 3.27. The second kappa shape index (κ2) is 5.83. The summed E-state index contributed by atoms with van der Waals surface area (Å²) in [5.74, 6) is 0.908. The van der Waals surface area contributed by atoms with E-state index in [1.165, 1.54) is 18.2 Å². The number of benzene rings is 1. The van der Waals surface area contributed by atoms with Gasteiger partial charge in [-0.1, -0.05) is 6.07 Å². The first-order valence-electron chi connectivity index (χ1n) is 5.90. The van der Waals surface area contributed by atoms with Crippen molar-refractivity contribution in [1.29, 1.82) is 5.26 Å². The third-order valence-electron chi connectivity index (χ3n) is 2.47. The van der Waals surface area contributed by atoms with Gasteiger partial charge in [-0.2, -0.15) is 5.26 Å². The topological polar surface area (TPSA) is 60.7 Å². The zero-order chi connectivity index (χ0) is 13.7. The summed E-state index contributed by atoms with van der Waals surface area (Å²) in [6.07, 6.45) is 0. The Morgan fingerprint density at radius 1 is 1.26 bits per heavy atom. The van der Waals surface area contributed by atoms with Crippen LogP contribution >= 0.6 is 0 Å². The molecule has 0 aliphatic carbocycles. The molecule has 1 aromatic heterocycles. The molecule has 2 rings (SSSR count). The van der Waals surface area contributed by atoms with Gasteiger partial charge in [-0.3, -0.25) is 0 Å². The summed E-state index contributed by atoms with van der Waals surface area (Å²) in [7, 11) is 0. The summed E-state index contributed by atoms with van der Waals surface area (Å²) in [5.41, 5.74) is 0.778. The molecule has 1 aromatic carbocycles. The molecule has 0 bridgehead atoms. The van der Waals surface area contributed by atoms with Crippen LogP contribution in [0.1, 0.15) is 12.5 Å². The van der Waals surface area contributed by atoms with Crippen molar-refractivity contribution in [2.45, 2.75) is 6.92 Å². The van der Waals surface area contributed by atoms with E-state index in [0.29, 0.717) is 11.5 Å². The largest absolute Gasteiger partial charge is 0.370 e. The Labute approximate surface area is 110 Å². The fourth-order valence-corrected chi connectivity index (χ4v) is 1.64. The lowest BCUT2D eigenvalue weighted by molar-refractivity contribution is 0.627. The Balaban J connectivity index is 2.26. The van der Waals surface area contributed by atoms with Crippen LogP contribution in [-0.2, 0) is 0 Å². The fourth-order valence-electron chi connectivity index (χ4n) is 1.64. The van der Waals surface area contributed by atoms with E-state index in [1.54, 1.807) is 6.07 Å². The normalized spacial score (nSPS) is 9.74. The number of pyridine rings is 1. The van der Waals surface area contributed by atoms with Gasteiger partial charge >= 0.3 is 0 Å². The second-order valence-corrected chi connectivity index (χ2v) is 3.87. The Hall–Kier alpha value is -2.61. The van der Waals surface area contributed by atoms with Crippen LogP contribution in [0.3, 0.4) is 0 Å². The van der Waals surface area contributed by atoms with Crippen LogP contribution in [0.15, 0.2) is 36.4 Å². The summed E-state index contributed by atoms with van der Waals surface area (Å²) in [6, 6.07) is 11.5. The van der Waals surface area contributed by atoms with Gasteiger partial charge in [0, 0.05) is 6.54 Å². The van der Waals surface area contributed by atoms with Crippen molar-refractivity contribution in [2.75, 3.05) is 17.2 Å². The first-order chi connectivity index (χ1) is 9.22. The van der Waals surface area contributed by atoms with E-state index in [-0.39, 0.29) is 5.56 Å². The number of aromatic nitrogens is 1. The van der Waals surface area contributed by atoms with Gasteiger partial charge in [0.2, 0.25) is 0 Å². The Morgan fingerprint density at radius 2 is 2.05 bits per heavy atom. The second-order valence-electron chi connectivity index (χ2n) is 3.87. The lowest BCUT2D eigenvalue weighted by Gasteiger charge is -2.09. The molecule has 0 spiro atoms. The molecule has 1 heterocycles. The van der Waals surface area contributed by atoms with Gasteiger partial charge in [0.1, 0.15) is 23.5 Å². The molecule has 4 nitrogen and oxygen atoms in total. The number of hydrogen-bond donors (Lipinski definition) is 2. The predicted molar refractivity (Wildman–Crippen MR) is 72.8 cm³/mol. The number of nitrogens with zero attached hydrogens (tertiary/aromatic N) is 2. The lowest BCUT2D eigenvalue weighted by Crippen LogP contribution is -2.02. The van der Waals surface area contributed by atoms with Crippen molar-refractivity contribution in [2.24, 2.45) is 0 Å². The van der Waals surface area contributed by atoms with E-state index in [9.17, 15) is 4.39 Å². The summed E-state index contributed by atoms with van der Waals surface area (Å²) in [5, 5.41) is 15.1. The monoisotopic (exact) mass is 256 g/mol. The molecule has 0 amide bonds. The highest BCUT2D eigenvalue weighted by atomic mass is 19.1. The minimum Gasteiger partial charge on any atom is -0.370 e. The van der Waals surface area contributed by atoms with Gasteiger partial charge in [0.05, 0.1) is 11.3 Å². The number of halogens is 1. The van der Waals surface area contributed by atoms with Crippen molar-refractivity contribution in [3.8, 4) is 6.07 Å². The van der Waals surface area contributed by atoms with Gasteiger partial charge in [-0.25, -0.2) is 9.37 Å². The summed E-state index contributed by atoms with van der Waals surface area (Å²) in [4.78, 5) is 4.33.